The first-order valence-electron chi connectivity index (χ1n) is 6.56. The molecule has 0 fully saturated rings. The highest BCUT2D eigenvalue weighted by Gasteiger charge is 2.28. The van der Waals surface area contributed by atoms with Crippen molar-refractivity contribution in [2.24, 2.45) is 11.1 Å². The van der Waals surface area contributed by atoms with E-state index < -0.39 is 6.04 Å². The number of nitrogens with two attached hydrogens (primary N) is 1. The largest absolute Gasteiger partial charge is 0.496 e. The summed E-state index contributed by atoms with van der Waals surface area (Å²) >= 11 is 0. The van der Waals surface area contributed by atoms with Gasteiger partial charge in [-0.3, -0.25) is 4.79 Å². The summed E-state index contributed by atoms with van der Waals surface area (Å²) in [6.45, 7) is 7.45. The normalized spacial score (nSPS) is 14.6. The highest BCUT2D eigenvalue weighted by Crippen LogP contribution is 2.26. The summed E-state index contributed by atoms with van der Waals surface area (Å²) in [5.74, 6) is -0.109. The third-order valence-electron chi connectivity index (χ3n) is 3.23. The Balaban J connectivity index is 2.89. The van der Waals surface area contributed by atoms with Crippen LogP contribution in [0.4, 0.5) is 4.39 Å². The fourth-order valence-electron chi connectivity index (χ4n) is 1.82. The summed E-state index contributed by atoms with van der Waals surface area (Å²) in [6, 6.07) is 3.19. The van der Waals surface area contributed by atoms with Crippen LogP contribution in [0.25, 0.3) is 0 Å². The maximum Gasteiger partial charge on any atom is 0.237 e. The molecule has 0 aliphatic rings. The van der Waals surface area contributed by atoms with Gasteiger partial charge < -0.3 is 15.8 Å². The number of methoxy groups -OCH3 is 1. The van der Waals surface area contributed by atoms with E-state index in [1.54, 1.807) is 6.92 Å². The van der Waals surface area contributed by atoms with Crippen LogP contribution in [0, 0.1) is 11.2 Å². The summed E-state index contributed by atoms with van der Waals surface area (Å²) in [5.41, 5.74) is 6.15. The number of carbonyl (C=O) groups is 1. The first-order valence-corrected chi connectivity index (χ1v) is 6.56. The Kier molecular flexibility index (Phi) is 5.11. The summed E-state index contributed by atoms with van der Waals surface area (Å²) in [5, 5.41) is 2.79. The zero-order valence-electron chi connectivity index (χ0n) is 12.7. The smallest absolute Gasteiger partial charge is 0.237 e. The van der Waals surface area contributed by atoms with Crippen LogP contribution in [0.1, 0.15) is 39.3 Å². The van der Waals surface area contributed by atoms with Crippen molar-refractivity contribution in [3.05, 3.63) is 29.6 Å². The summed E-state index contributed by atoms with van der Waals surface area (Å²) in [6.07, 6.45) is 0. The summed E-state index contributed by atoms with van der Waals surface area (Å²) in [7, 11) is 1.51. The van der Waals surface area contributed by atoms with Gasteiger partial charge in [0.1, 0.15) is 11.6 Å². The van der Waals surface area contributed by atoms with Gasteiger partial charge in [0.05, 0.1) is 19.2 Å². The molecule has 5 heteroatoms. The van der Waals surface area contributed by atoms with E-state index in [0.29, 0.717) is 11.3 Å². The van der Waals surface area contributed by atoms with Crippen molar-refractivity contribution in [1.29, 1.82) is 0 Å². The minimum absolute atomic E-state index is 0.267. The van der Waals surface area contributed by atoms with Gasteiger partial charge in [0, 0.05) is 5.56 Å². The van der Waals surface area contributed by atoms with Crippen molar-refractivity contribution in [2.75, 3.05) is 7.11 Å². The van der Waals surface area contributed by atoms with Gasteiger partial charge in [-0.15, -0.1) is 0 Å². The average Bonchev–Trinajstić information content (AvgIpc) is 2.36. The Labute approximate surface area is 119 Å². The zero-order valence-corrected chi connectivity index (χ0v) is 12.7. The fraction of sp³-hybridized carbons (Fsp3) is 0.533. The quantitative estimate of drug-likeness (QED) is 0.891. The molecule has 0 aliphatic heterocycles. The molecule has 1 unspecified atom stereocenters. The average molecular weight is 282 g/mol. The number of amides is 1. The highest BCUT2D eigenvalue weighted by molar-refractivity contribution is 5.82. The molecule has 20 heavy (non-hydrogen) atoms. The van der Waals surface area contributed by atoms with E-state index >= 15 is 0 Å². The standard InChI is InChI=1S/C15H23FN2O2/c1-9(18-14(19)13(17)15(2,3)4)11-8-10(16)6-7-12(11)20-5/h6-9,13H,17H2,1-5H3,(H,18,19)/t9?,13-/m1/s1. The lowest BCUT2D eigenvalue weighted by molar-refractivity contribution is -0.125. The van der Waals surface area contributed by atoms with Gasteiger partial charge in [-0.25, -0.2) is 4.39 Å². The Bertz CT molecular complexity index is 483. The van der Waals surface area contributed by atoms with E-state index in [4.69, 9.17) is 10.5 Å². The molecule has 1 aromatic carbocycles. The second-order valence-corrected chi connectivity index (χ2v) is 5.96. The number of carbonyl (C=O) groups excluding carboxylic acids is 1. The van der Waals surface area contributed by atoms with Crippen molar-refractivity contribution in [3.8, 4) is 5.75 Å². The van der Waals surface area contributed by atoms with Crippen molar-refractivity contribution < 1.29 is 13.9 Å². The lowest BCUT2D eigenvalue weighted by atomic mass is 9.86. The first-order chi connectivity index (χ1) is 9.16. The van der Waals surface area contributed by atoms with Crippen molar-refractivity contribution in [1.82, 2.24) is 5.32 Å². The summed E-state index contributed by atoms with van der Waals surface area (Å²) < 4.78 is 18.5. The molecule has 4 nitrogen and oxygen atoms in total. The van der Waals surface area contributed by atoms with Crippen LogP contribution in [0.3, 0.4) is 0 Å². The van der Waals surface area contributed by atoms with E-state index in [1.165, 1.54) is 25.3 Å². The number of ether oxygens (including phenoxy) is 1. The van der Waals surface area contributed by atoms with E-state index in [2.05, 4.69) is 5.32 Å². The lowest BCUT2D eigenvalue weighted by Crippen LogP contribution is -2.49. The second kappa shape index (κ2) is 6.22. The van der Waals surface area contributed by atoms with E-state index in [9.17, 15) is 9.18 Å². The highest BCUT2D eigenvalue weighted by atomic mass is 19.1. The van der Waals surface area contributed by atoms with E-state index in [-0.39, 0.29) is 23.2 Å². The Hall–Kier alpha value is -1.62. The minimum Gasteiger partial charge on any atom is -0.496 e. The fourth-order valence-corrected chi connectivity index (χ4v) is 1.82. The first kappa shape index (κ1) is 16.4. The lowest BCUT2D eigenvalue weighted by Gasteiger charge is -2.27. The van der Waals surface area contributed by atoms with Gasteiger partial charge in [-0.1, -0.05) is 20.8 Å². The number of hydrogen-bond acceptors (Lipinski definition) is 3. The van der Waals surface area contributed by atoms with Crippen LogP contribution < -0.4 is 15.8 Å². The maximum atomic E-state index is 13.3. The molecule has 0 heterocycles. The Morgan fingerprint density at radius 3 is 2.50 bits per heavy atom. The maximum absolute atomic E-state index is 13.3. The molecule has 0 bridgehead atoms. The molecule has 0 radical (unpaired) electrons. The van der Waals surface area contributed by atoms with Gasteiger partial charge in [0.15, 0.2) is 0 Å². The molecule has 112 valence electrons. The van der Waals surface area contributed by atoms with Crippen LogP contribution in [-0.4, -0.2) is 19.1 Å². The Morgan fingerprint density at radius 2 is 2.00 bits per heavy atom. The van der Waals surface area contributed by atoms with Crippen LogP contribution in [0.5, 0.6) is 5.75 Å². The Morgan fingerprint density at radius 1 is 1.40 bits per heavy atom. The molecule has 0 saturated carbocycles. The SMILES string of the molecule is COc1ccc(F)cc1C(C)NC(=O)[C@@H](N)C(C)(C)C. The molecule has 1 rings (SSSR count). The molecule has 0 aromatic heterocycles. The van der Waals surface area contributed by atoms with Crippen LogP contribution >= 0.6 is 0 Å². The monoisotopic (exact) mass is 282 g/mol. The predicted molar refractivity (Wildman–Crippen MR) is 76.9 cm³/mol. The topological polar surface area (TPSA) is 64.3 Å². The van der Waals surface area contributed by atoms with E-state index in [1.807, 2.05) is 20.8 Å². The van der Waals surface area contributed by atoms with Gasteiger partial charge in [0.25, 0.3) is 0 Å². The molecule has 1 aromatic rings. The van der Waals surface area contributed by atoms with Crippen LogP contribution in [0.2, 0.25) is 0 Å². The van der Waals surface area contributed by atoms with Gasteiger partial charge >= 0.3 is 0 Å². The third kappa shape index (κ3) is 3.93. The van der Waals surface area contributed by atoms with Crippen molar-refractivity contribution >= 4 is 5.91 Å². The van der Waals surface area contributed by atoms with E-state index in [0.717, 1.165) is 0 Å². The molecule has 0 saturated heterocycles. The van der Waals surface area contributed by atoms with Gasteiger partial charge in [-0.2, -0.15) is 0 Å². The molecular weight excluding hydrogens is 259 g/mol. The van der Waals surface area contributed by atoms with Crippen molar-refractivity contribution in [3.63, 3.8) is 0 Å². The predicted octanol–water partition coefficient (Wildman–Crippen LogP) is 2.38. The van der Waals surface area contributed by atoms with Gasteiger partial charge in [0.2, 0.25) is 5.91 Å². The minimum atomic E-state index is -0.635. The molecular formula is C15H23FN2O2. The molecule has 0 aliphatic carbocycles. The number of nitrogens with one attached hydrogen (secondary N) is 1. The number of halogens is 1. The second-order valence-electron chi connectivity index (χ2n) is 5.96. The third-order valence-corrected chi connectivity index (χ3v) is 3.23. The van der Waals surface area contributed by atoms with Crippen LogP contribution in [-0.2, 0) is 4.79 Å². The molecule has 3 N–H and O–H groups in total. The molecule has 0 spiro atoms. The number of hydrogen-bond donors (Lipinski definition) is 2. The number of rotatable bonds is 4. The molecule has 2 atom stereocenters. The van der Waals surface area contributed by atoms with Gasteiger partial charge in [-0.05, 0) is 30.5 Å². The molecule has 1 amide bonds. The van der Waals surface area contributed by atoms with Crippen LogP contribution in [0.15, 0.2) is 18.2 Å². The summed E-state index contributed by atoms with van der Waals surface area (Å²) in [4.78, 5) is 12.1. The zero-order chi connectivity index (χ0) is 15.5. The van der Waals surface area contributed by atoms with Crippen molar-refractivity contribution in [2.45, 2.75) is 39.8 Å². The number of benzene rings is 1.